The molecule has 0 atom stereocenters. The zero-order valence-corrected chi connectivity index (χ0v) is 16.6. The van der Waals surface area contributed by atoms with Gasteiger partial charge in [-0.05, 0) is 36.6 Å². The van der Waals surface area contributed by atoms with Gasteiger partial charge in [0.15, 0.2) is 0 Å². The van der Waals surface area contributed by atoms with Crippen LogP contribution in [0.1, 0.15) is 25.0 Å². The fourth-order valence-electron chi connectivity index (χ4n) is 2.42. The summed E-state index contributed by atoms with van der Waals surface area (Å²) < 4.78 is 5.58. The Morgan fingerprint density at radius 3 is 1.97 bits per heavy atom. The van der Waals surface area contributed by atoms with E-state index in [-0.39, 0.29) is 17.8 Å². The normalized spacial score (nSPS) is 10.2. The van der Waals surface area contributed by atoms with Crippen LogP contribution in [0.4, 0.5) is 0 Å². The highest BCUT2D eigenvalue weighted by molar-refractivity contribution is 5.85. The quantitative estimate of drug-likeness (QED) is 0.563. The average molecular weight is 398 g/mol. The molecule has 0 aliphatic heterocycles. The molecule has 0 unspecified atom stereocenters. The molecule has 6 heteroatoms. The molecule has 1 aliphatic rings. The zero-order valence-electron chi connectivity index (χ0n) is 16.6. The first kappa shape index (κ1) is 23.7. The van der Waals surface area contributed by atoms with Crippen LogP contribution < -0.4 is 4.74 Å². The second kappa shape index (κ2) is 11.5. The molecule has 0 spiro atoms. The monoisotopic (exact) mass is 398 g/mol. The predicted octanol–water partition coefficient (Wildman–Crippen LogP) is 3.92. The van der Waals surface area contributed by atoms with Crippen LogP contribution in [0.3, 0.4) is 0 Å². The minimum Gasteiger partial charge on any atom is -0.491 e. The summed E-state index contributed by atoms with van der Waals surface area (Å²) in [6.07, 6.45) is 0.924. The summed E-state index contributed by atoms with van der Waals surface area (Å²) in [5, 5.41) is 24.6. The van der Waals surface area contributed by atoms with Crippen LogP contribution in [0.25, 0.3) is 11.1 Å². The number of fused-ring (bicyclic) bond motifs is 3. The summed E-state index contributed by atoms with van der Waals surface area (Å²) in [4.78, 5) is 19.2. The van der Waals surface area contributed by atoms with Gasteiger partial charge in [-0.25, -0.2) is 9.59 Å². The van der Waals surface area contributed by atoms with Crippen molar-refractivity contribution in [3.05, 3.63) is 77.9 Å². The van der Waals surface area contributed by atoms with E-state index in [0.29, 0.717) is 6.61 Å². The number of rotatable bonds is 5. The van der Waals surface area contributed by atoms with E-state index >= 15 is 0 Å². The predicted molar refractivity (Wildman–Crippen MR) is 112 cm³/mol. The molecule has 0 saturated carbocycles. The third kappa shape index (κ3) is 7.27. The molecule has 2 aromatic rings. The summed E-state index contributed by atoms with van der Waals surface area (Å²) in [6, 6.07) is 14.6. The molecule has 0 heterocycles. The lowest BCUT2D eigenvalue weighted by molar-refractivity contribution is -0.133. The average Bonchev–Trinajstić information content (AvgIpc) is 3.06. The molecule has 0 fully saturated rings. The Hall–Kier alpha value is -3.38. The molecular formula is C23H26O6. The van der Waals surface area contributed by atoms with E-state index in [1.807, 2.05) is 12.1 Å². The fourth-order valence-corrected chi connectivity index (χ4v) is 2.42. The zero-order chi connectivity index (χ0) is 22.0. The largest absolute Gasteiger partial charge is 0.491 e. The topological polar surface area (TPSA) is 104 Å². The second-order valence-corrected chi connectivity index (χ2v) is 6.36. The first-order valence-corrected chi connectivity index (χ1v) is 8.90. The van der Waals surface area contributed by atoms with Crippen molar-refractivity contribution < 1.29 is 29.6 Å². The number of ether oxygens (including phenoxy) is 1. The maximum atomic E-state index is 9.60. The Balaban J connectivity index is 0.000000293. The van der Waals surface area contributed by atoms with E-state index in [9.17, 15) is 9.59 Å². The maximum absolute atomic E-state index is 9.60. The van der Waals surface area contributed by atoms with Gasteiger partial charge >= 0.3 is 11.9 Å². The van der Waals surface area contributed by atoms with Crippen molar-refractivity contribution in [3.8, 4) is 16.9 Å². The van der Waals surface area contributed by atoms with E-state index < -0.39 is 11.9 Å². The molecule has 1 aliphatic carbocycles. The van der Waals surface area contributed by atoms with Crippen molar-refractivity contribution >= 4 is 11.9 Å². The number of aliphatic carboxylic acids is 2. The van der Waals surface area contributed by atoms with Gasteiger partial charge in [0.25, 0.3) is 0 Å². The van der Waals surface area contributed by atoms with Crippen LogP contribution in [-0.4, -0.2) is 40.5 Å². The number of hydrogen-bond acceptors (Lipinski definition) is 4. The minimum atomic E-state index is -0.935. The smallest absolute Gasteiger partial charge is 0.330 e. The van der Waals surface area contributed by atoms with Crippen molar-refractivity contribution in [3.63, 3.8) is 0 Å². The van der Waals surface area contributed by atoms with Gasteiger partial charge in [0.05, 0.1) is 6.61 Å². The maximum Gasteiger partial charge on any atom is 0.330 e. The van der Waals surface area contributed by atoms with Gasteiger partial charge in [-0.1, -0.05) is 49.6 Å². The summed E-state index contributed by atoms with van der Waals surface area (Å²) >= 11 is 0. The number of benzene rings is 2. The summed E-state index contributed by atoms with van der Waals surface area (Å²) in [5.74, 6) is -0.974. The van der Waals surface area contributed by atoms with Crippen molar-refractivity contribution in [2.24, 2.45) is 0 Å². The molecular weight excluding hydrogens is 372 g/mol. The van der Waals surface area contributed by atoms with Gasteiger partial charge in [0.2, 0.25) is 0 Å². The van der Waals surface area contributed by atoms with Gasteiger partial charge in [0.1, 0.15) is 12.4 Å². The highest BCUT2D eigenvalue weighted by Gasteiger charge is 2.20. The van der Waals surface area contributed by atoms with Gasteiger partial charge in [-0.15, -0.1) is 0 Å². The first-order chi connectivity index (χ1) is 13.7. The molecule has 154 valence electrons. The van der Waals surface area contributed by atoms with Crippen molar-refractivity contribution in [1.82, 2.24) is 0 Å². The molecule has 2 aromatic carbocycles. The molecule has 29 heavy (non-hydrogen) atoms. The molecule has 0 amide bonds. The molecule has 3 rings (SSSR count). The number of carboxylic acids is 2. The molecule has 0 bridgehead atoms. The number of aliphatic hydroxyl groups excluding tert-OH is 1. The van der Waals surface area contributed by atoms with Gasteiger partial charge in [-0.3, -0.25) is 0 Å². The van der Waals surface area contributed by atoms with Crippen LogP contribution in [0, 0.1) is 0 Å². The molecule has 0 aromatic heterocycles. The van der Waals surface area contributed by atoms with Crippen molar-refractivity contribution in [2.45, 2.75) is 20.3 Å². The lowest BCUT2D eigenvalue weighted by Crippen LogP contribution is -2.03. The Labute approximate surface area is 170 Å². The molecule has 3 N–H and O–H groups in total. The standard InChI is InChI=1S/C15H14O2.2C4H6O2/c16-8-9-17-15-7-3-6-13-12-5-2-1-4-11(12)10-14(13)15;2*1-3(2)4(5)6/h1-7,16H,8-10H2;2*1H2,2H3,(H,5,6). The van der Waals surface area contributed by atoms with E-state index in [4.69, 9.17) is 20.1 Å². The fraction of sp³-hybridized carbons (Fsp3) is 0.217. The number of carboxylic acid groups (broad SMARTS) is 2. The number of carbonyl (C=O) groups is 2. The van der Waals surface area contributed by atoms with Crippen LogP contribution in [0.15, 0.2) is 66.8 Å². The third-order valence-electron chi connectivity index (χ3n) is 3.89. The first-order valence-electron chi connectivity index (χ1n) is 8.90. The summed E-state index contributed by atoms with van der Waals surface area (Å²) in [7, 11) is 0. The highest BCUT2D eigenvalue weighted by atomic mass is 16.5. The molecule has 0 saturated heterocycles. The van der Waals surface area contributed by atoms with E-state index in [1.54, 1.807) is 0 Å². The number of aliphatic hydroxyl groups is 1. The Morgan fingerprint density at radius 1 is 0.931 bits per heavy atom. The Morgan fingerprint density at radius 2 is 1.45 bits per heavy atom. The third-order valence-corrected chi connectivity index (χ3v) is 3.89. The van der Waals surface area contributed by atoms with Crippen molar-refractivity contribution in [2.75, 3.05) is 13.2 Å². The molecule has 0 radical (unpaired) electrons. The summed E-state index contributed by atoms with van der Waals surface area (Å²) in [5.41, 5.74) is 5.50. The van der Waals surface area contributed by atoms with Crippen LogP contribution in [-0.2, 0) is 16.0 Å². The lowest BCUT2D eigenvalue weighted by Gasteiger charge is -2.09. The van der Waals surface area contributed by atoms with Crippen LogP contribution in [0.2, 0.25) is 0 Å². The summed E-state index contributed by atoms with van der Waals surface area (Å²) in [6.45, 7) is 9.61. The van der Waals surface area contributed by atoms with E-state index in [1.165, 1.54) is 36.1 Å². The lowest BCUT2D eigenvalue weighted by atomic mass is 10.1. The van der Waals surface area contributed by atoms with Gasteiger partial charge in [-0.2, -0.15) is 0 Å². The Kier molecular flexibility index (Phi) is 9.35. The highest BCUT2D eigenvalue weighted by Crippen LogP contribution is 2.40. The number of hydrogen-bond donors (Lipinski definition) is 3. The van der Waals surface area contributed by atoms with Gasteiger partial charge < -0.3 is 20.1 Å². The minimum absolute atomic E-state index is 0.0522. The van der Waals surface area contributed by atoms with E-state index in [0.717, 1.165) is 12.2 Å². The van der Waals surface area contributed by atoms with E-state index in [2.05, 4.69) is 43.5 Å². The van der Waals surface area contributed by atoms with Crippen molar-refractivity contribution in [1.29, 1.82) is 0 Å². The second-order valence-electron chi connectivity index (χ2n) is 6.36. The SMILES string of the molecule is C=C(C)C(=O)O.C=C(C)C(=O)O.OCCOc1cccc2c1Cc1ccccc1-2. The molecule has 6 nitrogen and oxygen atoms in total. The Bertz CT molecular complexity index is 850. The van der Waals surface area contributed by atoms with Gasteiger partial charge in [0, 0.05) is 23.1 Å². The van der Waals surface area contributed by atoms with Crippen LogP contribution in [0.5, 0.6) is 5.75 Å². The van der Waals surface area contributed by atoms with Crippen LogP contribution >= 0.6 is 0 Å².